The Hall–Kier alpha value is -2.46. The van der Waals surface area contributed by atoms with Crippen LogP contribution in [0.25, 0.3) is 0 Å². The number of ether oxygens (including phenoxy) is 1. The maximum atomic E-state index is 14.1. The topological polar surface area (TPSA) is 66.9 Å². The molecular weight excluding hydrogens is 511 g/mol. The highest BCUT2D eigenvalue weighted by atomic mass is 35.5. The van der Waals surface area contributed by atoms with E-state index in [1.165, 1.54) is 34.6 Å². The van der Waals surface area contributed by atoms with Gasteiger partial charge in [-0.2, -0.15) is 4.31 Å². The van der Waals surface area contributed by atoms with Crippen LogP contribution in [0.15, 0.2) is 64.9 Å². The number of fused-ring (bicyclic) bond motifs is 1. The van der Waals surface area contributed by atoms with Crippen molar-refractivity contribution in [1.82, 2.24) is 9.21 Å². The summed E-state index contributed by atoms with van der Waals surface area (Å²) in [5, 5.41) is 2.41. The van der Waals surface area contributed by atoms with Crippen LogP contribution >= 0.6 is 22.9 Å². The van der Waals surface area contributed by atoms with E-state index < -0.39 is 21.9 Å². The van der Waals surface area contributed by atoms with Crippen molar-refractivity contribution in [2.45, 2.75) is 36.2 Å². The second kappa shape index (κ2) is 9.89. The number of hydrogen-bond donors (Lipinski definition) is 0. The maximum absolute atomic E-state index is 14.1. The molecule has 1 saturated carbocycles. The van der Waals surface area contributed by atoms with Crippen molar-refractivity contribution in [2.75, 3.05) is 19.7 Å². The van der Waals surface area contributed by atoms with Gasteiger partial charge >= 0.3 is 0 Å². The minimum atomic E-state index is -3.87. The molecule has 0 bridgehead atoms. The Labute approximate surface area is 212 Å². The lowest BCUT2D eigenvalue weighted by Gasteiger charge is -2.37. The number of rotatable bonds is 8. The summed E-state index contributed by atoms with van der Waals surface area (Å²) >= 11 is 7.54. The third kappa shape index (κ3) is 5.09. The van der Waals surface area contributed by atoms with Gasteiger partial charge in [0.25, 0.3) is 0 Å². The van der Waals surface area contributed by atoms with Crippen LogP contribution in [0, 0.1) is 5.82 Å². The van der Waals surface area contributed by atoms with E-state index in [0.29, 0.717) is 30.8 Å². The van der Waals surface area contributed by atoms with E-state index in [4.69, 9.17) is 16.3 Å². The molecule has 35 heavy (non-hydrogen) atoms. The number of sulfonamides is 1. The Kier molecular flexibility index (Phi) is 6.85. The van der Waals surface area contributed by atoms with Crippen molar-refractivity contribution < 1.29 is 22.3 Å². The van der Waals surface area contributed by atoms with Gasteiger partial charge in [-0.25, -0.2) is 12.8 Å². The molecule has 2 heterocycles. The summed E-state index contributed by atoms with van der Waals surface area (Å²) in [6.45, 7) is 0.256. The van der Waals surface area contributed by atoms with Crippen LogP contribution in [0.3, 0.4) is 0 Å². The Bertz CT molecular complexity index is 1330. The third-order valence-electron chi connectivity index (χ3n) is 6.31. The number of thiophene rings is 1. The molecule has 0 radical (unpaired) electrons. The molecular formula is C25H24ClFN2O4S2. The summed E-state index contributed by atoms with van der Waals surface area (Å²) in [6.07, 6.45) is 2.12. The van der Waals surface area contributed by atoms with Crippen LogP contribution in [0.5, 0.6) is 5.75 Å². The third-order valence-corrected chi connectivity index (χ3v) is 9.48. The number of amides is 1. The van der Waals surface area contributed by atoms with Crippen LogP contribution in [-0.4, -0.2) is 49.3 Å². The molecule has 6 nitrogen and oxygen atoms in total. The lowest BCUT2D eigenvalue weighted by atomic mass is 10.0. The molecule has 1 aromatic heterocycles. The van der Waals surface area contributed by atoms with Gasteiger partial charge in [-0.05, 0) is 72.7 Å². The van der Waals surface area contributed by atoms with Gasteiger partial charge in [0.2, 0.25) is 15.9 Å². The molecule has 1 aliphatic heterocycles. The summed E-state index contributed by atoms with van der Waals surface area (Å²) in [5.41, 5.74) is 0.962. The van der Waals surface area contributed by atoms with Gasteiger partial charge in [0.05, 0.1) is 17.5 Å². The van der Waals surface area contributed by atoms with Crippen LogP contribution in [-0.2, 0) is 21.2 Å². The van der Waals surface area contributed by atoms with E-state index in [-0.39, 0.29) is 35.7 Å². The van der Waals surface area contributed by atoms with Gasteiger partial charge in [0, 0.05) is 22.5 Å². The molecule has 1 amide bonds. The molecule has 0 saturated heterocycles. The van der Waals surface area contributed by atoms with E-state index in [2.05, 4.69) is 0 Å². The first-order valence-corrected chi connectivity index (χ1v) is 14.0. The average Bonchev–Trinajstić information content (AvgIpc) is 3.57. The van der Waals surface area contributed by atoms with Crippen LogP contribution in [0.1, 0.15) is 29.3 Å². The Morgan fingerprint density at radius 3 is 2.60 bits per heavy atom. The van der Waals surface area contributed by atoms with E-state index in [0.717, 1.165) is 10.4 Å². The van der Waals surface area contributed by atoms with Gasteiger partial charge in [0.1, 0.15) is 6.61 Å². The summed E-state index contributed by atoms with van der Waals surface area (Å²) in [4.78, 5) is 16.5. The first-order valence-electron chi connectivity index (χ1n) is 11.3. The molecule has 0 spiro atoms. The second-order valence-electron chi connectivity index (χ2n) is 8.63. The van der Waals surface area contributed by atoms with Crippen molar-refractivity contribution >= 4 is 38.9 Å². The van der Waals surface area contributed by atoms with Crippen molar-refractivity contribution in [3.05, 3.63) is 81.3 Å². The molecule has 1 atom stereocenters. The standard InChI is InChI=1S/C25H24ClFN2O4S2/c26-17-5-9-19(10-6-17)35(31,32)29(18-7-8-18)15-25(30)28-13-11-24-20(12-14-34-24)22(28)16-33-23-4-2-1-3-21(23)27/h1-6,9-10,12,14,18,22H,7-8,11,13,15-16H2/t22-/m1/s1. The second-order valence-corrected chi connectivity index (χ2v) is 12.0. The van der Waals surface area contributed by atoms with Crippen molar-refractivity contribution in [1.29, 1.82) is 0 Å². The molecule has 1 fully saturated rings. The first kappa shape index (κ1) is 24.2. The van der Waals surface area contributed by atoms with Gasteiger partial charge in [-0.1, -0.05) is 23.7 Å². The van der Waals surface area contributed by atoms with E-state index in [1.54, 1.807) is 34.4 Å². The number of nitrogens with zero attached hydrogens (tertiary/aromatic N) is 2. The van der Waals surface area contributed by atoms with Crippen molar-refractivity contribution in [2.24, 2.45) is 0 Å². The zero-order valence-electron chi connectivity index (χ0n) is 18.8. The molecule has 2 aromatic carbocycles. The number of benzene rings is 2. The quantitative estimate of drug-likeness (QED) is 0.412. The van der Waals surface area contributed by atoms with Crippen LogP contribution in [0.2, 0.25) is 5.02 Å². The monoisotopic (exact) mass is 534 g/mol. The molecule has 10 heteroatoms. The smallest absolute Gasteiger partial charge is 0.243 e. The Morgan fingerprint density at radius 2 is 1.89 bits per heavy atom. The SMILES string of the molecule is O=C(CN(C1CC1)S(=O)(=O)c1ccc(Cl)cc1)N1CCc2sccc2[C@H]1COc1ccccc1F. The number of carbonyl (C=O) groups excluding carboxylic acids is 1. The molecule has 3 aromatic rings. The summed E-state index contributed by atoms with van der Waals surface area (Å²) in [7, 11) is -3.87. The fourth-order valence-electron chi connectivity index (χ4n) is 4.34. The molecule has 2 aliphatic rings. The molecule has 0 N–H and O–H groups in total. The molecule has 0 unspecified atom stereocenters. The van der Waals surface area contributed by atoms with Gasteiger partial charge < -0.3 is 9.64 Å². The lowest BCUT2D eigenvalue weighted by Crippen LogP contribution is -2.48. The number of halogens is 2. The van der Waals surface area contributed by atoms with E-state index >= 15 is 0 Å². The normalized spacial score (nSPS) is 17.9. The van der Waals surface area contributed by atoms with Crippen LogP contribution in [0.4, 0.5) is 4.39 Å². The highest BCUT2D eigenvalue weighted by Gasteiger charge is 2.41. The Morgan fingerprint density at radius 1 is 1.14 bits per heavy atom. The van der Waals surface area contributed by atoms with E-state index in [9.17, 15) is 17.6 Å². The largest absolute Gasteiger partial charge is 0.488 e. The fraction of sp³-hybridized carbons (Fsp3) is 0.320. The van der Waals surface area contributed by atoms with Crippen molar-refractivity contribution in [3.8, 4) is 5.75 Å². The van der Waals surface area contributed by atoms with Crippen LogP contribution < -0.4 is 4.74 Å². The molecule has 184 valence electrons. The number of carbonyl (C=O) groups is 1. The maximum Gasteiger partial charge on any atom is 0.243 e. The van der Waals surface area contributed by atoms with E-state index in [1.807, 2.05) is 11.4 Å². The summed E-state index contributed by atoms with van der Waals surface area (Å²) in [5.74, 6) is -0.652. The highest BCUT2D eigenvalue weighted by Crippen LogP contribution is 2.36. The average molecular weight is 535 g/mol. The minimum Gasteiger partial charge on any atom is -0.488 e. The highest BCUT2D eigenvalue weighted by molar-refractivity contribution is 7.89. The van der Waals surface area contributed by atoms with Gasteiger partial charge in [0.15, 0.2) is 11.6 Å². The van der Waals surface area contributed by atoms with Gasteiger partial charge in [-0.15, -0.1) is 11.3 Å². The fourth-order valence-corrected chi connectivity index (χ4v) is 7.03. The minimum absolute atomic E-state index is 0.0732. The first-order chi connectivity index (χ1) is 16.8. The number of para-hydroxylation sites is 1. The van der Waals surface area contributed by atoms with Crippen molar-refractivity contribution in [3.63, 3.8) is 0 Å². The number of hydrogen-bond acceptors (Lipinski definition) is 5. The zero-order chi connectivity index (χ0) is 24.6. The zero-order valence-corrected chi connectivity index (χ0v) is 21.2. The summed E-state index contributed by atoms with van der Waals surface area (Å²) < 4.78 is 48.0. The predicted molar refractivity (Wildman–Crippen MR) is 133 cm³/mol. The molecule has 1 aliphatic carbocycles. The van der Waals surface area contributed by atoms with Gasteiger partial charge in [-0.3, -0.25) is 4.79 Å². The summed E-state index contributed by atoms with van der Waals surface area (Å²) in [6, 6.07) is 13.4. The predicted octanol–water partition coefficient (Wildman–Crippen LogP) is 4.90. The molecule has 5 rings (SSSR count). The lowest BCUT2D eigenvalue weighted by molar-refractivity contribution is -0.135. The Balaban J connectivity index is 1.38.